The van der Waals surface area contributed by atoms with Gasteiger partial charge in [-0.25, -0.2) is 13.6 Å². The van der Waals surface area contributed by atoms with Crippen LogP contribution in [0.4, 0.5) is 8.78 Å². The van der Waals surface area contributed by atoms with Crippen LogP contribution in [0.2, 0.25) is 0 Å². The van der Waals surface area contributed by atoms with E-state index in [1.165, 1.54) is 29.2 Å². The van der Waals surface area contributed by atoms with Gasteiger partial charge in [0.1, 0.15) is 0 Å². The number of carboxylic acids is 1. The van der Waals surface area contributed by atoms with E-state index in [-0.39, 0.29) is 11.6 Å². The van der Waals surface area contributed by atoms with Crippen molar-refractivity contribution in [3.8, 4) is 0 Å². The lowest BCUT2D eigenvalue weighted by Crippen LogP contribution is -2.35. The summed E-state index contributed by atoms with van der Waals surface area (Å²) in [5.74, 6) is -1.47. The maximum atomic E-state index is 12.4. The molecule has 2 rings (SSSR count). The van der Waals surface area contributed by atoms with Crippen LogP contribution in [0, 0.1) is 0 Å². The van der Waals surface area contributed by atoms with Crippen molar-refractivity contribution in [2.24, 2.45) is 0 Å². The van der Waals surface area contributed by atoms with E-state index in [4.69, 9.17) is 5.11 Å². The number of hydrogen-bond acceptors (Lipinski definition) is 2. The van der Waals surface area contributed by atoms with Crippen molar-refractivity contribution in [2.75, 3.05) is 6.54 Å². The highest BCUT2D eigenvalue weighted by molar-refractivity contribution is 5.92. The number of nitrogens with zero attached hydrogens (tertiary/aromatic N) is 1. The van der Waals surface area contributed by atoms with E-state index >= 15 is 0 Å². The number of carbonyl (C=O) groups is 2. The van der Waals surface area contributed by atoms with Crippen LogP contribution in [0.3, 0.4) is 0 Å². The lowest BCUT2D eigenvalue weighted by Gasteiger charge is -2.20. The van der Waals surface area contributed by atoms with Gasteiger partial charge in [-0.2, -0.15) is 0 Å². The van der Waals surface area contributed by atoms with Gasteiger partial charge in [-0.05, 0) is 36.6 Å². The summed E-state index contributed by atoms with van der Waals surface area (Å²) in [5.41, 5.74) is 0.789. The van der Waals surface area contributed by atoms with Gasteiger partial charge in [0.2, 0.25) is 5.91 Å². The molecule has 0 aliphatic heterocycles. The van der Waals surface area contributed by atoms with Crippen LogP contribution in [0.5, 0.6) is 0 Å². The highest BCUT2D eigenvalue weighted by Gasteiger charge is 2.33. The summed E-state index contributed by atoms with van der Waals surface area (Å²) in [4.78, 5) is 23.8. The minimum atomic E-state index is -2.54. The average Bonchev–Trinajstić information content (AvgIpc) is 3.27. The van der Waals surface area contributed by atoms with Gasteiger partial charge in [-0.15, -0.1) is 0 Å². The first-order valence-corrected chi connectivity index (χ1v) is 6.57. The van der Waals surface area contributed by atoms with Crippen molar-refractivity contribution in [3.05, 3.63) is 41.5 Å². The smallest absolute Gasteiger partial charge is 0.335 e. The van der Waals surface area contributed by atoms with Crippen LogP contribution in [-0.4, -0.2) is 40.9 Å². The first-order valence-electron chi connectivity index (χ1n) is 6.57. The van der Waals surface area contributed by atoms with E-state index in [0.29, 0.717) is 5.56 Å². The van der Waals surface area contributed by atoms with E-state index in [2.05, 4.69) is 0 Å². The number of halogens is 2. The Morgan fingerprint density at radius 3 is 2.38 bits per heavy atom. The molecule has 1 aromatic rings. The summed E-state index contributed by atoms with van der Waals surface area (Å²) >= 11 is 0. The van der Waals surface area contributed by atoms with Gasteiger partial charge in [-0.1, -0.05) is 12.1 Å². The summed E-state index contributed by atoms with van der Waals surface area (Å²) in [6.07, 6.45) is 1.72. The fraction of sp³-hybridized carbons (Fsp3) is 0.333. The maximum Gasteiger partial charge on any atom is 0.335 e. The summed E-state index contributed by atoms with van der Waals surface area (Å²) in [6.45, 7) is -0.550. The molecule has 4 nitrogen and oxygen atoms in total. The zero-order chi connectivity index (χ0) is 15.4. The summed E-state index contributed by atoms with van der Waals surface area (Å²) < 4.78 is 24.9. The second-order valence-corrected chi connectivity index (χ2v) is 4.87. The Morgan fingerprint density at radius 1 is 1.29 bits per heavy atom. The van der Waals surface area contributed by atoms with Crippen LogP contribution in [-0.2, 0) is 4.79 Å². The molecule has 6 heteroatoms. The Morgan fingerprint density at radius 2 is 1.90 bits per heavy atom. The van der Waals surface area contributed by atoms with Crippen molar-refractivity contribution >= 4 is 18.0 Å². The van der Waals surface area contributed by atoms with Crippen LogP contribution in [0.15, 0.2) is 30.3 Å². The van der Waals surface area contributed by atoms with E-state index in [0.717, 1.165) is 12.8 Å². The fourth-order valence-electron chi connectivity index (χ4n) is 1.95. The van der Waals surface area contributed by atoms with Gasteiger partial charge >= 0.3 is 5.97 Å². The van der Waals surface area contributed by atoms with Gasteiger partial charge in [-0.3, -0.25) is 4.79 Å². The number of carboxylic acid groups (broad SMARTS) is 1. The number of carbonyl (C=O) groups excluding carboxylic acids is 1. The minimum absolute atomic E-state index is 0.0782. The Balaban J connectivity index is 2.01. The number of rotatable bonds is 6. The van der Waals surface area contributed by atoms with E-state index in [1.54, 1.807) is 12.1 Å². The predicted octanol–water partition coefficient (Wildman–Crippen LogP) is 2.65. The van der Waals surface area contributed by atoms with Gasteiger partial charge in [0.25, 0.3) is 6.43 Å². The molecule has 1 amide bonds. The molecule has 0 saturated heterocycles. The summed E-state index contributed by atoms with van der Waals surface area (Å²) in [5, 5.41) is 8.77. The highest BCUT2D eigenvalue weighted by Crippen LogP contribution is 2.27. The molecule has 0 atom stereocenters. The predicted molar refractivity (Wildman–Crippen MR) is 73.2 cm³/mol. The third kappa shape index (κ3) is 4.37. The van der Waals surface area contributed by atoms with Gasteiger partial charge in [0.15, 0.2) is 0 Å². The first kappa shape index (κ1) is 15.2. The molecule has 0 radical (unpaired) electrons. The van der Waals surface area contributed by atoms with Crippen molar-refractivity contribution in [2.45, 2.75) is 25.3 Å². The largest absolute Gasteiger partial charge is 0.478 e. The molecular weight excluding hydrogens is 280 g/mol. The SMILES string of the molecule is O=C(O)c1ccc(/C=C/C(=O)N(CC(F)F)C2CC2)cc1. The Bertz CT molecular complexity index is 551. The van der Waals surface area contributed by atoms with E-state index in [9.17, 15) is 18.4 Å². The molecule has 1 N–H and O–H groups in total. The minimum Gasteiger partial charge on any atom is -0.478 e. The molecule has 1 aliphatic rings. The van der Waals surface area contributed by atoms with E-state index < -0.39 is 24.8 Å². The molecule has 0 unspecified atom stereocenters. The van der Waals surface area contributed by atoms with Crippen molar-refractivity contribution in [1.82, 2.24) is 4.90 Å². The quantitative estimate of drug-likeness (QED) is 0.821. The monoisotopic (exact) mass is 295 g/mol. The number of amides is 1. The molecule has 0 bridgehead atoms. The van der Waals surface area contributed by atoms with Crippen molar-refractivity contribution in [1.29, 1.82) is 0 Å². The third-order valence-corrected chi connectivity index (χ3v) is 3.18. The fourth-order valence-corrected chi connectivity index (χ4v) is 1.95. The first-order chi connectivity index (χ1) is 9.97. The van der Waals surface area contributed by atoms with Crippen molar-refractivity contribution in [3.63, 3.8) is 0 Å². The lowest BCUT2D eigenvalue weighted by molar-refractivity contribution is -0.128. The average molecular weight is 295 g/mol. The molecule has 1 saturated carbocycles. The lowest BCUT2D eigenvalue weighted by atomic mass is 10.1. The Labute approximate surface area is 120 Å². The van der Waals surface area contributed by atoms with Crippen LogP contribution in [0.1, 0.15) is 28.8 Å². The van der Waals surface area contributed by atoms with Crippen LogP contribution >= 0.6 is 0 Å². The molecule has 1 fully saturated rings. The standard InChI is InChI=1S/C15H15F2NO3/c16-13(17)9-18(12-6-7-12)14(19)8-3-10-1-4-11(5-2-10)15(20)21/h1-5,8,12-13H,6-7,9H2,(H,20,21)/b8-3+. The van der Waals surface area contributed by atoms with E-state index in [1.807, 2.05) is 0 Å². The van der Waals surface area contributed by atoms with Gasteiger partial charge in [0.05, 0.1) is 12.1 Å². The van der Waals surface area contributed by atoms with Gasteiger partial charge in [0, 0.05) is 12.1 Å². The number of hydrogen-bond donors (Lipinski definition) is 1. The number of aromatic carboxylic acids is 1. The van der Waals surface area contributed by atoms with Gasteiger partial charge < -0.3 is 10.0 Å². The number of alkyl halides is 2. The topological polar surface area (TPSA) is 57.6 Å². The van der Waals surface area contributed by atoms with Crippen LogP contribution in [0.25, 0.3) is 6.08 Å². The second-order valence-electron chi connectivity index (χ2n) is 4.87. The third-order valence-electron chi connectivity index (χ3n) is 3.18. The molecule has 0 spiro atoms. The van der Waals surface area contributed by atoms with Crippen molar-refractivity contribution < 1.29 is 23.5 Å². The molecule has 112 valence electrons. The molecular formula is C15H15F2NO3. The zero-order valence-electron chi connectivity index (χ0n) is 11.2. The molecule has 1 aromatic carbocycles. The molecule has 0 heterocycles. The number of benzene rings is 1. The Hall–Kier alpha value is -2.24. The summed E-state index contributed by atoms with van der Waals surface area (Å²) in [7, 11) is 0. The Kier molecular flexibility index (Phi) is 4.67. The second kappa shape index (κ2) is 6.47. The summed E-state index contributed by atoms with van der Waals surface area (Å²) in [6, 6.07) is 5.88. The molecule has 0 aromatic heterocycles. The molecule has 1 aliphatic carbocycles. The zero-order valence-corrected chi connectivity index (χ0v) is 11.2. The molecule has 21 heavy (non-hydrogen) atoms. The highest BCUT2D eigenvalue weighted by atomic mass is 19.3. The van der Waals surface area contributed by atoms with Crippen LogP contribution < -0.4 is 0 Å². The normalized spacial score (nSPS) is 14.6. The maximum absolute atomic E-state index is 12.4.